The van der Waals surface area contributed by atoms with Crippen LogP contribution in [-0.4, -0.2) is 64.0 Å². The first-order valence-corrected chi connectivity index (χ1v) is 9.54. The van der Waals surface area contributed by atoms with E-state index in [4.69, 9.17) is 4.74 Å². The highest BCUT2D eigenvalue weighted by molar-refractivity contribution is 6.47. The number of aliphatic hydroxyl groups is 1. The molecule has 0 aliphatic carbocycles. The molecule has 0 saturated carbocycles. The van der Waals surface area contributed by atoms with E-state index in [1.54, 1.807) is 0 Å². The van der Waals surface area contributed by atoms with Crippen LogP contribution in [0.15, 0.2) is 29.5 Å². The molecule has 10 heteroatoms. The van der Waals surface area contributed by atoms with Crippen molar-refractivity contribution in [3.8, 4) is 0 Å². The Kier molecular flexibility index (Phi) is 5.69. The van der Waals surface area contributed by atoms with Gasteiger partial charge in [-0.3, -0.25) is 9.79 Å². The molecule has 2 atom stereocenters. The van der Waals surface area contributed by atoms with Crippen LogP contribution in [0.5, 0.6) is 0 Å². The van der Waals surface area contributed by atoms with E-state index in [0.29, 0.717) is 36.7 Å². The number of ether oxygens (including phenoxy) is 1. The Morgan fingerprint density at radius 3 is 3.00 bits per heavy atom. The second-order valence-electron chi connectivity index (χ2n) is 7.29. The van der Waals surface area contributed by atoms with Crippen LogP contribution < -0.4 is 5.32 Å². The second kappa shape index (κ2) is 8.41. The van der Waals surface area contributed by atoms with E-state index in [9.17, 15) is 18.7 Å². The first-order chi connectivity index (χ1) is 14.4. The van der Waals surface area contributed by atoms with Gasteiger partial charge in [0, 0.05) is 25.8 Å². The lowest BCUT2D eigenvalue weighted by atomic mass is 10.1. The van der Waals surface area contributed by atoms with Crippen LogP contribution in [0.25, 0.3) is 0 Å². The number of hydrogen-bond donors (Lipinski definition) is 2. The first-order valence-electron chi connectivity index (χ1n) is 9.54. The smallest absolute Gasteiger partial charge is 0.272 e. The molecule has 0 spiro atoms. The molecule has 8 nitrogen and oxygen atoms in total. The monoisotopic (exact) mass is 417 g/mol. The van der Waals surface area contributed by atoms with Crippen LogP contribution >= 0.6 is 0 Å². The summed E-state index contributed by atoms with van der Waals surface area (Å²) >= 11 is 0. The number of nitrogens with one attached hydrogen (secondary N) is 1. The highest BCUT2D eigenvalue weighted by atomic mass is 19.1. The summed E-state index contributed by atoms with van der Waals surface area (Å²) in [6.07, 6.45) is 1.25. The van der Waals surface area contributed by atoms with Crippen molar-refractivity contribution in [3.63, 3.8) is 0 Å². The summed E-state index contributed by atoms with van der Waals surface area (Å²) in [4.78, 5) is 27.0. The molecule has 2 aliphatic rings. The Hall–Kier alpha value is -2.98. The SMILES string of the molecule is CN(Cc1cc(F)ccc1F)C(=O)C1=NCc2ncnc(N[C@@H]3COCC[C@H]3O)c21. The summed E-state index contributed by atoms with van der Waals surface area (Å²) in [5.74, 6) is -1.26. The maximum atomic E-state index is 14.0. The Morgan fingerprint density at radius 2 is 2.20 bits per heavy atom. The van der Waals surface area contributed by atoms with Gasteiger partial charge in [0.15, 0.2) is 0 Å². The summed E-state index contributed by atoms with van der Waals surface area (Å²) in [5.41, 5.74) is 1.23. The van der Waals surface area contributed by atoms with Crippen LogP contribution in [0.1, 0.15) is 23.2 Å². The predicted molar refractivity (Wildman–Crippen MR) is 104 cm³/mol. The molecule has 2 aromatic rings. The number of amides is 1. The standard InChI is InChI=1S/C20H21F2N5O3/c1-27(8-11-6-12(21)2-3-13(11)22)20(29)18-17-14(7-23-18)24-10-25-19(17)26-15-9-30-5-4-16(15)28/h2-3,6,10,15-16,28H,4-5,7-9H2,1H3,(H,24,25,26)/t15-,16-/m1/s1. The Bertz CT molecular complexity index is 1000. The number of anilines is 1. The lowest BCUT2D eigenvalue weighted by Gasteiger charge is -2.29. The molecule has 1 fully saturated rings. The number of hydrogen-bond acceptors (Lipinski definition) is 7. The molecule has 2 N–H and O–H groups in total. The van der Waals surface area contributed by atoms with Gasteiger partial charge in [-0.25, -0.2) is 18.7 Å². The Morgan fingerprint density at radius 1 is 1.37 bits per heavy atom. The average Bonchev–Trinajstić information content (AvgIpc) is 3.17. The van der Waals surface area contributed by atoms with Gasteiger partial charge in [-0.05, 0) is 24.6 Å². The van der Waals surface area contributed by atoms with Crippen LogP contribution in [0.3, 0.4) is 0 Å². The fourth-order valence-corrected chi connectivity index (χ4v) is 3.52. The fourth-order valence-electron chi connectivity index (χ4n) is 3.52. The topological polar surface area (TPSA) is 99.9 Å². The van der Waals surface area contributed by atoms with Gasteiger partial charge in [-0.15, -0.1) is 0 Å². The van der Waals surface area contributed by atoms with E-state index in [1.165, 1.54) is 18.3 Å². The number of rotatable bonds is 5. The molecule has 2 aliphatic heterocycles. The number of aliphatic imine (C=N–C) groups is 1. The minimum absolute atomic E-state index is 0.0646. The van der Waals surface area contributed by atoms with Gasteiger partial charge in [0.05, 0.1) is 36.6 Å². The second-order valence-corrected chi connectivity index (χ2v) is 7.29. The van der Waals surface area contributed by atoms with E-state index in [-0.39, 0.29) is 30.4 Å². The van der Waals surface area contributed by atoms with Crippen molar-refractivity contribution >= 4 is 17.4 Å². The van der Waals surface area contributed by atoms with Crippen LogP contribution in [0, 0.1) is 11.6 Å². The average molecular weight is 417 g/mol. The number of likely N-dealkylation sites (N-methyl/N-ethyl adjacent to an activating group) is 1. The number of benzene rings is 1. The summed E-state index contributed by atoms with van der Waals surface area (Å²) < 4.78 is 32.8. The number of halogens is 2. The zero-order valence-corrected chi connectivity index (χ0v) is 16.3. The summed E-state index contributed by atoms with van der Waals surface area (Å²) in [6.45, 7) is 0.870. The van der Waals surface area contributed by atoms with Gasteiger partial charge in [0.1, 0.15) is 29.5 Å². The van der Waals surface area contributed by atoms with Crippen molar-refractivity contribution < 1.29 is 23.4 Å². The third-order valence-corrected chi connectivity index (χ3v) is 5.16. The highest BCUT2D eigenvalue weighted by Gasteiger charge is 2.32. The molecule has 3 heterocycles. The maximum absolute atomic E-state index is 14.0. The fraction of sp³-hybridized carbons (Fsp3) is 0.400. The van der Waals surface area contributed by atoms with Crippen LogP contribution in [0.2, 0.25) is 0 Å². The molecular weight excluding hydrogens is 396 g/mol. The maximum Gasteiger partial charge on any atom is 0.272 e. The Labute approximate surface area is 171 Å². The molecular formula is C20H21F2N5O3. The van der Waals surface area contributed by atoms with Gasteiger partial charge in [-0.1, -0.05) is 0 Å². The number of carbonyl (C=O) groups excluding carboxylic acids is 1. The minimum Gasteiger partial charge on any atom is -0.391 e. The summed E-state index contributed by atoms with van der Waals surface area (Å²) in [6, 6.07) is 2.73. The molecule has 30 heavy (non-hydrogen) atoms. The summed E-state index contributed by atoms with van der Waals surface area (Å²) in [7, 11) is 1.49. The van der Waals surface area contributed by atoms with E-state index in [0.717, 1.165) is 18.2 Å². The molecule has 1 aromatic carbocycles. The minimum atomic E-state index is -0.611. The predicted octanol–water partition coefficient (Wildman–Crippen LogP) is 1.28. The molecule has 1 saturated heterocycles. The number of aliphatic hydroxyl groups excluding tert-OH is 1. The van der Waals surface area contributed by atoms with E-state index in [2.05, 4.69) is 20.3 Å². The molecule has 0 unspecified atom stereocenters. The highest BCUT2D eigenvalue weighted by Crippen LogP contribution is 2.26. The number of fused-ring (bicyclic) bond motifs is 1. The number of nitrogens with zero attached hydrogens (tertiary/aromatic N) is 4. The first kappa shape index (κ1) is 20.3. The van der Waals surface area contributed by atoms with E-state index >= 15 is 0 Å². The van der Waals surface area contributed by atoms with Crippen molar-refractivity contribution in [1.29, 1.82) is 0 Å². The summed E-state index contributed by atoms with van der Waals surface area (Å²) in [5, 5.41) is 13.3. The van der Waals surface area contributed by atoms with Crippen LogP contribution in [-0.2, 0) is 22.6 Å². The van der Waals surface area contributed by atoms with Gasteiger partial charge < -0.3 is 20.1 Å². The zero-order chi connectivity index (χ0) is 21.3. The van der Waals surface area contributed by atoms with Crippen LogP contribution in [0.4, 0.5) is 14.6 Å². The third kappa shape index (κ3) is 4.01. The Balaban J connectivity index is 1.56. The largest absolute Gasteiger partial charge is 0.391 e. The molecule has 1 aromatic heterocycles. The lowest BCUT2D eigenvalue weighted by Crippen LogP contribution is -2.43. The van der Waals surface area contributed by atoms with Crippen molar-refractivity contribution in [2.45, 2.75) is 31.7 Å². The molecule has 4 rings (SSSR count). The van der Waals surface area contributed by atoms with Gasteiger partial charge in [-0.2, -0.15) is 0 Å². The third-order valence-electron chi connectivity index (χ3n) is 5.16. The van der Waals surface area contributed by atoms with Crippen molar-refractivity contribution in [3.05, 3.63) is 53.0 Å². The molecule has 0 bridgehead atoms. The zero-order valence-electron chi connectivity index (χ0n) is 16.3. The quantitative estimate of drug-likeness (QED) is 0.760. The lowest BCUT2D eigenvalue weighted by molar-refractivity contribution is -0.123. The number of carbonyl (C=O) groups is 1. The molecule has 1 amide bonds. The number of aromatic nitrogens is 2. The van der Waals surface area contributed by atoms with E-state index < -0.39 is 23.6 Å². The molecule has 158 valence electrons. The van der Waals surface area contributed by atoms with Crippen molar-refractivity contribution in [2.75, 3.05) is 25.6 Å². The van der Waals surface area contributed by atoms with Crippen molar-refractivity contribution in [1.82, 2.24) is 14.9 Å². The van der Waals surface area contributed by atoms with Gasteiger partial charge in [0.2, 0.25) is 0 Å². The molecule has 0 radical (unpaired) electrons. The van der Waals surface area contributed by atoms with Gasteiger partial charge >= 0.3 is 0 Å². The van der Waals surface area contributed by atoms with E-state index in [1.807, 2.05) is 0 Å². The van der Waals surface area contributed by atoms with Gasteiger partial charge in [0.25, 0.3) is 5.91 Å². The normalized spacial score (nSPS) is 20.5. The van der Waals surface area contributed by atoms with Crippen molar-refractivity contribution in [2.24, 2.45) is 4.99 Å².